The van der Waals surface area contributed by atoms with Crippen molar-refractivity contribution in [3.8, 4) is 0 Å². The van der Waals surface area contributed by atoms with E-state index in [1.165, 1.54) is 24.9 Å². The van der Waals surface area contributed by atoms with Crippen LogP contribution in [0.4, 0.5) is 5.69 Å². The van der Waals surface area contributed by atoms with Crippen molar-refractivity contribution < 1.29 is 0 Å². The van der Waals surface area contributed by atoms with Crippen LogP contribution in [0.25, 0.3) is 0 Å². The lowest BCUT2D eigenvalue weighted by Crippen LogP contribution is -2.38. The van der Waals surface area contributed by atoms with E-state index in [2.05, 4.69) is 30.0 Å². The summed E-state index contributed by atoms with van der Waals surface area (Å²) in [5.74, 6) is 0. The molecule has 86 valence electrons. The van der Waals surface area contributed by atoms with Crippen LogP contribution in [0.5, 0.6) is 0 Å². The second kappa shape index (κ2) is 4.69. The van der Waals surface area contributed by atoms with Crippen LogP contribution < -0.4 is 4.90 Å². The second-order valence-electron chi connectivity index (χ2n) is 4.68. The quantitative estimate of drug-likeness (QED) is 0.753. The Labute approximate surface area is 97.8 Å². The highest BCUT2D eigenvalue weighted by Crippen LogP contribution is 2.27. The molecule has 1 atom stereocenters. The summed E-state index contributed by atoms with van der Waals surface area (Å²) in [6.45, 7) is 5.29. The van der Waals surface area contributed by atoms with Crippen molar-refractivity contribution in [2.24, 2.45) is 0 Å². The van der Waals surface area contributed by atoms with Crippen molar-refractivity contribution in [3.63, 3.8) is 0 Å². The molecule has 1 fully saturated rings. The van der Waals surface area contributed by atoms with Gasteiger partial charge in [0.15, 0.2) is 0 Å². The van der Waals surface area contributed by atoms with E-state index in [1.807, 2.05) is 13.0 Å². The molecular weight excluding hydrogens is 196 g/mol. The zero-order valence-corrected chi connectivity index (χ0v) is 10.2. The van der Waals surface area contributed by atoms with Crippen molar-refractivity contribution in [2.75, 3.05) is 11.4 Å². The molecule has 0 amide bonds. The van der Waals surface area contributed by atoms with Crippen LogP contribution in [-0.4, -0.2) is 18.3 Å². The summed E-state index contributed by atoms with van der Waals surface area (Å²) in [5, 5.41) is 7.83. The van der Waals surface area contributed by atoms with Gasteiger partial charge in [-0.2, -0.15) is 0 Å². The van der Waals surface area contributed by atoms with E-state index in [9.17, 15) is 0 Å². The minimum absolute atomic E-state index is 0.606. The second-order valence-corrected chi connectivity index (χ2v) is 4.68. The van der Waals surface area contributed by atoms with Crippen LogP contribution in [0, 0.1) is 5.41 Å². The van der Waals surface area contributed by atoms with E-state index in [1.54, 1.807) is 0 Å². The number of benzene rings is 1. The first-order valence-electron chi connectivity index (χ1n) is 6.11. The summed E-state index contributed by atoms with van der Waals surface area (Å²) in [4.78, 5) is 2.46. The van der Waals surface area contributed by atoms with Gasteiger partial charge in [0.25, 0.3) is 0 Å². The smallest absolute Gasteiger partial charge is 0.0460 e. The van der Waals surface area contributed by atoms with Crippen molar-refractivity contribution in [2.45, 2.75) is 39.2 Å². The van der Waals surface area contributed by atoms with Gasteiger partial charge in [0.05, 0.1) is 0 Å². The predicted octanol–water partition coefficient (Wildman–Crippen LogP) is 3.45. The molecule has 0 radical (unpaired) electrons. The first-order chi connectivity index (χ1) is 7.70. The molecule has 16 heavy (non-hydrogen) atoms. The van der Waals surface area contributed by atoms with Crippen molar-refractivity contribution in [1.29, 1.82) is 5.41 Å². The molecular formula is C14H20N2. The van der Waals surface area contributed by atoms with E-state index < -0.39 is 0 Å². The Bertz CT molecular complexity index is 384. The van der Waals surface area contributed by atoms with Crippen LogP contribution >= 0.6 is 0 Å². The summed E-state index contributed by atoms with van der Waals surface area (Å²) < 4.78 is 0. The lowest BCUT2D eigenvalue weighted by Gasteiger charge is -2.36. The van der Waals surface area contributed by atoms with Crippen LogP contribution in [0.2, 0.25) is 0 Å². The molecule has 1 aromatic rings. The Balaban J connectivity index is 2.34. The maximum atomic E-state index is 7.83. The van der Waals surface area contributed by atoms with Gasteiger partial charge in [-0.15, -0.1) is 0 Å². The standard InChI is InChI=1S/C14H20N2/c1-11-7-5-6-10-16(11)14-9-4-3-8-13(14)12(2)15/h3-4,8-9,11,15H,5-7,10H2,1-2H3. The van der Waals surface area contributed by atoms with E-state index in [4.69, 9.17) is 5.41 Å². The third-order valence-corrected chi connectivity index (χ3v) is 3.42. The fourth-order valence-corrected chi connectivity index (χ4v) is 2.50. The topological polar surface area (TPSA) is 27.1 Å². The molecule has 0 saturated carbocycles. The molecule has 1 aliphatic heterocycles. The number of hydrogen-bond acceptors (Lipinski definition) is 2. The van der Waals surface area contributed by atoms with Crippen LogP contribution in [-0.2, 0) is 0 Å². The van der Waals surface area contributed by atoms with E-state index in [0.717, 1.165) is 12.1 Å². The summed E-state index contributed by atoms with van der Waals surface area (Å²) in [5.41, 5.74) is 2.98. The third-order valence-electron chi connectivity index (χ3n) is 3.42. The maximum absolute atomic E-state index is 7.83. The van der Waals surface area contributed by atoms with Gasteiger partial charge in [0.2, 0.25) is 0 Å². The molecule has 1 aliphatic rings. The van der Waals surface area contributed by atoms with Crippen molar-refractivity contribution >= 4 is 11.4 Å². The highest BCUT2D eigenvalue weighted by atomic mass is 15.2. The predicted molar refractivity (Wildman–Crippen MR) is 69.6 cm³/mol. The normalized spacial score (nSPS) is 20.9. The molecule has 1 unspecified atom stereocenters. The molecule has 1 heterocycles. The zero-order valence-electron chi connectivity index (χ0n) is 10.2. The minimum atomic E-state index is 0.606. The van der Waals surface area contributed by atoms with Crippen LogP contribution in [0.3, 0.4) is 0 Å². The first kappa shape index (κ1) is 11.2. The molecule has 1 saturated heterocycles. The third kappa shape index (κ3) is 2.11. The van der Waals surface area contributed by atoms with E-state index >= 15 is 0 Å². The number of nitrogens with one attached hydrogen (secondary N) is 1. The highest BCUT2D eigenvalue weighted by molar-refractivity contribution is 6.01. The summed E-state index contributed by atoms with van der Waals surface area (Å²) in [7, 11) is 0. The fourth-order valence-electron chi connectivity index (χ4n) is 2.50. The maximum Gasteiger partial charge on any atom is 0.0460 e. The SMILES string of the molecule is CC(=N)c1ccccc1N1CCCCC1C. The monoisotopic (exact) mass is 216 g/mol. The van der Waals surface area contributed by atoms with Crippen LogP contribution in [0.15, 0.2) is 24.3 Å². The molecule has 2 rings (SSSR count). The lowest BCUT2D eigenvalue weighted by molar-refractivity contribution is 0.484. The summed E-state index contributed by atoms with van der Waals surface area (Å²) >= 11 is 0. The molecule has 0 spiro atoms. The molecule has 2 heteroatoms. The number of rotatable bonds is 2. The number of piperidine rings is 1. The Morgan fingerprint density at radius 3 is 2.75 bits per heavy atom. The Morgan fingerprint density at radius 2 is 2.06 bits per heavy atom. The van der Waals surface area contributed by atoms with Crippen molar-refractivity contribution in [1.82, 2.24) is 0 Å². The Morgan fingerprint density at radius 1 is 1.31 bits per heavy atom. The number of hydrogen-bond donors (Lipinski definition) is 1. The van der Waals surface area contributed by atoms with Gasteiger partial charge >= 0.3 is 0 Å². The largest absolute Gasteiger partial charge is 0.368 e. The lowest BCUT2D eigenvalue weighted by atomic mass is 10.00. The Hall–Kier alpha value is -1.31. The Kier molecular flexibility index (Phi) is 3.28. The average molecular weight is 216 g/mol. The number of nitrogens with zero attached hydrogens (tertiary/aromatic N) is 1. The van der Waals surface area contributed by atoms with Crippen molar-refractivity contribution in [3.05, 3.63) is 29.8 Å². The molecule has 0 bridgehead atoms. The van der Waals surface area contributed by atoms with Crippen LogP contribution in [0.1, 0.15) is 38.7 Å². The van der Waals surface area contributed by atoms with Gasteiger partial charge in [-0.1, -0.05) is 18.2 Å². The van der Waals surface area contributed by atoms with Gasteiger partial charge in [-0.3, -0.25) is 0 Å². The van der Waals surface area contributed by atoms with Gasteiger partial charge < -0.3 is 10.3 Å². The average Bonchev–Trinajstić information content (AvgIpc) is 2.29. The van der Waals surface area contributed by atoms with Gasteiger partial charge in [-0.05, 0) is 39.2 Å². The van der Waals surface area contributed by atoms with Gasteiger partial charge in [0.1, 0.15) is 0 Å². The summed E-state index contributed by atoms with van der Waals surface area (Å²) in [6, 6.07) is 8.90. The number of para-hydroxylation sites is 1. The molecule has 2 nitrogen and oxygen atoms in total. The molecule has 1 N–H and O–H groups in total. The van der Waals surface area contributed by atoms with Gasteiger partial charge in [-0.25, -0.2) is 0 Å². The molecule has 1 aromatic carbocycles. The van der Waals surface area contributed by atoms with Gasteiger partial charge in [0, 0.05) is 29.5 Å². The summed E-state index contributed by atoms with van der Waals surface area (Å²) in [6.07, 6.45) is 3.88. The van der Waals surface area contributed by atoms with E-state index in [0.29, 0.717) is 11.8 Å². The first-order valence-corrected chi connectivity index (χ1v) is 6.11. The van der Waals surface area contributed by atoms with E-state index in [-0.39, 0.29) is 0 Å². The number of anilines is 1. The fraction of sp³-hybridized carbons (Fsp3) is 0.500. The highest BCUT2D eigenvalue weighted by Gasteiger charge is 2.20. The minimum Gasteiger partial charge on any atom is -0.368 e. The molecule has 0 aromatic heterocycles. The molecule has 0 aliphatic carbocycles. The zero-order chi connectivity index (χ0) is 11.5.